The third-order valence-corrected chi connectivity index (χ3v) is 6.16. The second-order valence-corrected chi connectivity index (χ2v) is 8.00. The Morgan fingerprint density at radius 1 is 1.26 bits per heavy atom. The van der Waals surface area contributed by atoms with E-state index in [9.17, 15) is 13.6 Å². The molecular weight excluding hydrogens is 432 g/mol. The standard InChI is InChI=1S/C20H20ClF2N5O3/c21-18-14(12-8-25-28(9-12)19(22)23)7-15-17(18)16(1-2-24-15)26-3-5-27(6-4-26)20(29)31-13-10-30-11-13/h1-2,8-9,13,19H,3-7,10-11H2. The van der Waals surface area contributed by atoms with Gasteiger partial charge in [-0.3, -0.25) is 4.98 Å². The van der Waals surface area contributed by atoms with E-state index in [1.807, 2.05) is 6.07 Å². The number of pyridine rings is 1. The maximum Gasteiger partial charge on any atom is 0.410 e. The number of aromatic nitrogens is 3. The summed E-state index contributed by atoms with van der Waals surface area (Å²) >= 11 is 6.71. The molecule has 0 bridgehead atoms. The zero-order valence-electron chi connectivity index (χ0n) is 16.5. The molecule has 0 aromatic carbocycles. The average Bonchev–Trinajstić information content (AvgIpc) is 3.36. The van der Waals surface area contributed by atoms with Gasteiger partial charge >= 0.3 is 12.6 Å². The van der Waals surface area contributed by atoms with E-state index in [1.54, 1.807) is 11.1 Å². The normalized spacial score (nSPS) is 19.1. The molecule has 1 amide bonds. The molecule has 11 heteroatoms. The number of carbonyl (C=O) groups is 1. The van der Waals surface area contributed by atoms with Gasteiger partial charge in [0.1, 0.15) is 0 Å². The maximum atomic E-state index is 12.9. The first-order valence-corrected chi connectivity index (χ1v) is 10.4. The minimum Gasteiger partial charge on any atom is -0.441 e. The average molecular weight is 452 g/mol. The van der Waals surface area contributed by atoms with Gasteiger partial charge in [-0.05, 0) is 11.6 Å². The summed E-state index contributed by atoms with van der Waals surface area (Å²) in [6.07, 6.45) is 4.40. The van der Waals surface area contributed by atoms with Crippen LogP contribution in [0.1, 0.15) is 23.4 Å². The van der Waals surface area contributed by atoms with Gasteiger partial charge in [0.05, 0.1) is 30.1 Å². The summed E-state index contributed by atoms with van der Waals surface area (Å²) in [7, 11) is 0. The van der Waals surface area contributed by atoms with Crippen LogP contribution in [-0.4, -0.2) is 71.3 Å². The summed E-state index contributed by atoms with van der Waals surface area (Å²) in [6.45, 7) is 0.504. The zero-order chi connectivity index (χ0) is 21.5. The van der Waals surface area contributed by atoms with Crippen LogP contribution in [0.2, 0.25) is 0 Å². The van der Waals surface area contributed by atoms with Gasteiger partial charge in [0.25, 0.3) is 0 Å². The first-order valence-electron chi connectivity index (χ1n) is 9.99. The summed E-state index contributed by atoms with van der Waals surface area (Å²) < 4.78 is 36.8. The van der Waals surface area contributed by atoms with E-state index < -0.39 is 6.55 Å². The first-order chi connectivity index (χ1) is 15.0. The number of anilines is 1. The van der Waals surface area contributed by atoms with Gasteiger partial charge in [0.15, 0.2) is 6.10 Å². The number of amides is 1. The fourth-order valence-electron chi connectivity index (χ4n) is 3.98. The number of piperazine rings is 1. The van der Waals surface area contributed by atoms with E-state index in [1.165, 1.54) is 12.4 Å². The number of hydrogen-bond donors (Lipinski definition) is 0. The summed E-state index contributed by atoms with van der Waals surface area (Å²) in [5, 5.41) is 4.21. The third-order valence-electron chi connectivity index (χ3n) is 5.74. The third kappa shape index (κ3) is 3.74. The van der Waals surface area contributed by atoms with E-state index in [4.69, 9.17) is 21.1 Å². The molecule has 1 aliphatic carbocycles. The van der Waals surface area contributed by atoms with E-state index in [0.29, 0.717) is 61.1 Å². The molecule has 2 aromatic heterocycles. The number of rotatable bonds is 4. The first kappa shape index (κ1) is 20.2. The van der Waals surface area contributed by atoms with Gasteiger partial charge in [0.2, 0.25) is 0 Å². The van der Waals surface area contributed by atoms with Gasteiger partial charge in [0, 0.05) is 61.8 Å². The van der Waals surface area contributed by atoms with Crippen molar-refractivity contribution in [3.8, 4) is 0 Å². The van der Waals surface area contributed by atoms with Gasteiger partial charge < -0.3 is 19.3 Å². The number of carbonyl (C=O) groups excluding carboxylic acids is 1. The molecule has 0 atom stereocenters. The Balaban J connectivity index is 1.33. The summed E-state index contributed by atoms with van der Waals surface area (Å²) in [5.41, 5.74) is 3.82. The minimum atomic E-state index is -2.70. The van der Waals surface area contributed by atoms with Crippen LogP contribution >= 0.6 is 11.6 Å². The highest BCUT2D eigenvalue weighted by atomic mass is 35.5. The van der Waals surface area contributed by atoms with E-state index in [0.717, 1.165) is 22.5 Å². The lowest BCUT2D eigenvalue weighted by Gasteiger charge is -2.37. The lowest BCUT2D eigenvalue weighted by molar-refractivity contribution is -0.104. The molecule has 2 aromatic rings. The van der Waals surface area contributed by atoms with Gasteiger partial charge in [-0.25, -0.2) is 9.48 Å². The zero-order valence-corrected chi connectivity index (χ0v) is 17.3. The van der Waals surface area contributed by atoms with E-state index in [-0.39, 0.29) is 12.2 Å². The molecule has 0 N–H and O–H groups in total. The van der Waals surface area contributed by atoms with Crippen LogP contribution in [-0.2, 0) is 15.9 Å². The number of halogens is 3. The topological polar surface area (TPSA) is 72.7 Å². The number of hydrogen-bond acceptors (Lipinski definition) is 6. The molecule has 0 radical (unpaired) electrons. The highest BCUT2D eigenvalue weighted by Gasteiger charge is 2.31. The van der Waals surface area contributed by atoms with Crippen molar-refractivity contribution >= 4 is 34.0 Å². The van der Waals surface area contributed by atoms with E-state index >= 15 is 0 Å². The largest absolute Gasteiger partial charge is 0.441 e. The second-order valence-electron chi connectivity index (χ2n) is 7.63. The Bertz CT molecular complexity index is 1030. The summed E-state index contributed by atoms with van der Waals surface area (Å²) in [6, 6.07) is 1.90. The molecule has 5 rings (SSSR count). The maximum absolute atomic E-state index is 12.9. The fourth-order valence-corrected chi connectivity index (χ4v) is 4.37. The van der Waals surface area contributed by atoms with E-state index in [2.05, 4.69) is 15.0 Å². The van der Waals surface area contributed by atoms with Crippen LogP contribution in [0.3, 0.4) is 0 Å². The summed E-state index contributed by atoms with van der Waals surface area (Å²) in [4.78, 5) is 20.6. The fraction of sp³-hybridized carbons (Fsp3) is 0.450. The smallest absolute Gasteiger partial charge is 0.410 e. The Kier molecular flexibility index (Phi) is 5.27. The van der Waals surface area contributed by atoms with Crippen molar-refractivity contribution in [3.05, 3.63) is 41.5 Å². The predicted molar refractivity (Wildman–Crippen MR) is 109 cm³/mol. The van der Waals surface area contributed by atoms with Gasteiger partial charge in [-0.15, -0.1) is 0 Å². The number of nitrogens with zero attached hydrogens (tertiary/aromatic N) is 5. The minimum absolute atomic E-state index is 0.147. The number of fused-ring (bicyclic) bond motifs is 1. The van der Waals surface area contributed by atoms with Crippen molar-refractivity contribution in [3.63, 3.8) is 0 Å². The van der Waals surface area contributed by atoms with Crippen molar-refractivity contribution in [1.82, 2.24) is 19.7 Å². The highest BCUT2D eigenvalue weighted by molar-refractivity contribution is 6.54. The number of ether oxygens (including phenoxy) is 2. The van der Waals surface area contributed by atoms with Crippen molar-refractivity contribution in [2.75, 3.05) is 44.3 Å². The Morgan fingerprint density at radius 2 is 2.03 bits per heavy atom. The Hall–Kier alpha value is -2.72. The molecule has 0 saturated carbocycles. The molecule has 2 aliphatic heterocycles. The van der Waals surface area contributed by atoms with Crippen molar-refractivity contribution < 1.29 is 23.0 Å². The lowest BCUT2D eigenvalue weighted by atomic mass is 10.1. The monoisotopic (exact) mass is 451 g/mol. The molecule has 4 heterocycles. The molecule has 3 aliphatic rings. The molecule has 2 saturated heterocycles. The number of allylic oxidation sites excluding steroid dienone is 1. The predicted octanol–water partition coefficient (Wildman–Crippen LogP) is 2.99. The molecule has 8 nitrogen and oxygen atoms in total. The van der Waals surface area contributed by atoms with Gasteiger partial charge in [-0.2, -0.15) is 13.9 Å². The molecule has 0 spiro atoms. The quantitative estimate of drug-likeness (QED) is 0.711. The molecular formula is C20H20ClF2N5O3. The second kappa shape index (κ2) is 8.08. The molecule has 0 unspecified atom stereocenters. The Morgan fingerprint density at radius 3 is 2.68 bits per heavy atom. The van der Waals surface area contributed by atoms with Crippen molar-refractivity contribution in [2.45, 2.75) is 19.1 Å². The summed E-state index contributed by atoms with van der Waals surface area (Å²) in [5.74, 6) is 0. The van der Waals surface area contributed by atoms with Crippen LogP contribution in [0.15, 0.2) is 24.7 Å². The van der Waals surface area contributed by atoms with Crippen LogP contribution in [0.5, 0.6) is 0 Å². The van der Waals surface area contributed by atoms with Crippen LogP contribution in [0.25, 0.3) is 10.6 Å². The van der Waals surface area contributed by atoms with Crippen LogP contribution in [0.4, 0.5) is 19.3 Å². The lowest BCUT2D eigenvalue weighted by Crippen LogP contribution is -2.51. The van der Waals surface area contributed by atoms with Crippen molar-refractivity contribution in [2.24, 2.45) is 0 Å². The molecule has 31 heavy (non-hydrogen) atoms. The van der Waals surface area contributed by atoms with Crippen LogP contribution < -0.4 is 4.90 Å². The van der Waals surface area contributed by atoms with Gasteiger partial charge in [-0.1, -0.05) is 11.6 Å². The highest BCUT2D eigenvalue weighted by Crippen LogP contribution is 2.44. The molecule has 164 valence electrons. The SMILES string of the molecule is O=C(OC1COC1)N1CCN(c2ccnc3c2C(Cl)=C(c2cnn(C(F)F)c2)C3)CC1. The van der Waals surface area contributed by atoms with Crippen molar-refractivity contribution in [1.29, 1.82) is 0 Å². The molecule has 2 fully saturated rings. The van der Waals surface area contributed by atoms with Crippen LogP contribution in [0, 0.1) is 0 Å². The number of alkyl halides is 2. The Labute approximate surface area is 182 Å².